The van der Waals surface area contributed by atoms with Crippen LogP contribution in [0.1, 0.15) is 21.9 Å². The maximum absolute atomic E-state index is 12.3. The molecule has 110 valence electrons. The van der Waals surface area contributed by atoms with Crippen LogP contribution < -0.4 is 5.43 Å². The maximum Gasteiger partial charge on any atom is 0.277 e. The summed E-state index contributed by atoms with van der Waals surface area (Å²) in [5.74, 6) is 0.593. The average Bonchev–Trinajstić information content (AvgIpc) is 3.17. The van der Waals surface area contributed by atoms with E-state index in [4.69, 9.17) is 8.94 Å². The van der Waals surface area contributed by atoms with E-state index >= 15 is 0 Å². The zero-order valence-corrected chi connectivity index (χ0v) is 11.8. The van der Waals surface area contributed by atoms with Crippen molar-refractivity contribution in [2.45, 2.75) is 6.92 Å². The lowest BCUT2D eigenvalue weighted by atomic mass is 10.1. The number of carbonyl (C=O) groups is 1. The van der Waals surface area contributed by atoms with Crippen molar-refractivity contribution in [2.75, 3.05) is 0 Å². The molecule has 1 aromatic carbocycles. The summed E-state index contributed by atoms with van der Waals surface area (Å²) in [6.07, 6.45) is 2.95. The lowest BCUT2D eigenvalue weighted by Gasteiger charge is -2.01. The number of amides is 1. The van der Waals surface area contributed by atoms with Gasteiger partial charge in [-0.3, -0.25) is 4.79 Å². The SMILES string of the molecule is Cc1onc(-c2ccccc2)c1C(=O)N/N=C\c1ccco1. The fourth-order valence-corrected chi connectivity index (χ4v) is 2.01. The van der Waals surface area contributed by atoms with Gasteiger partial charge in [-0.15, -0.1) is 0 Å². The lowest BCUT2D eigenvalue weighted by molar-refractivity contribution is 0.0954. The standard InChI is InChI=1S/C16H13N3O3/c1-11-14(15(19-22-11)12-6-3-2-4-7-12)16(20)18-17-10-13-8-5-9-21-13/h2-10H,1H3,(H,18,20)/b17-10-. The van der Waals surface area contributed by atoms with Crippen molar-refractivity contribution in [3.63, 3.8) is 0 Å². The van der Waals surface area contributed by atoms with Gasteiger partial charge in [0.1, 0.15) is 22.8 Å². The van der Waals surface area contributed by atoms with Gasteiger partial charge >= 0.3 is 0 Å². The van der Waals surface area contributed by atoms with Gasteiger partial charge in [0.25, 0.3) is 5.91 Å². The topological polar surface area (TPSA) is 80.6 Å². The first-order valence-corrected chi connectivity index (χ1v) is 6.64. The van der Waals surface area contributed by atoms with E-state index in [0.717, 1.165) is 5.56 Å². The second kappa shape index (κ2) is 6.09. The fourth-order valence-electron chi connectivity index (χ4n) is 2.01. The van der Waals surface area contributed by atoms with Gasteiger partial charge < -0.3 is 8.94 Å². The first-order valence-electron chi connectivity index (χ1n) is 6.64. The van der Waals surface area contributed by atoms with Crippen LogP contribution in [-0.2, 0) is 0 Å². The molecule has 2 aromatic heterocycles. The molecule has 22 heavy (non-hydrogen) atoms. The van der Waals surface area contributed by atoms with Crippen molar-refractivity contribution in [3.8, 4) is 11.3 Å². The molecule has 6 heteroatoms. The first-order chi connectivity index (χ1) is 10.8. The van der Waals surface area contributed by atoms with Crippen molar-refractivity contribution >= 4 is 12.1 Å². The van der Waals surface area contributed by atoms with E-state index < -0.39 is 0 Å². The molecule has 0 spiro atoms. The first kappa shape index (κ1) is 13.8. The van der Waals surface area contributed by atoms with Crippen LogP contribution in [0.15, 0.2) is 62.8 Å². The van der Waals surface area contributed by atoms with Gasteiger partial charge in [0, 0.05) is 5.56 Å². The number of carbonyl (C=O) groups excluding carboxylic acids is 1. The Morgan fingerprint density at radius 2 is 2.05 bits per heavy atom. The third kappa shape index (κ3) is 2.80. The summed E-state index contributed by atoms with van der Waals surface area (Å²) in [5, 5.41) is 7.82. The maximum atomic E-state index is 12.3. The molecule has 0 saturated heterocycles. The van der Waals surface area contributed by atoms with Crippen LogP contribution in [0.25, 0.3) is 11.3 Å². The summed E-state index contributed by atoms with van der Waals surface area (Å²) in [5.41, 5.74) is 4.10. The van der Waals surface area contributed by atoms with E-state index in [2.05, 4.69) is 15.7 Å². The smallest absolute Gasteiger partial charge is 0.277 e. The highest BCUT2D eigenvalue weighted by atomic mass is 16.5. The lowest BCUT2D eigenvalue weighted by Crippen LogP contribution is -2.18. The Balaban J connectivity index is 1.82. The van der Waals surface area contributed by atoms with Crippen LogP contribution in [-0.4, -0.2) is 17.3 Å². The number of nitrogens with one attached hydrogen (secondary N) is 1. The largest absolute Gasteiger partial charge is 0.463 e. The van der Waals surface area contributed by atoms with Crippen LogP contribution >= 0.6 is 0 Å². The van der Waals surface area contributed by atoms with Crippen molar-refractivity contribution in [1.29, 1.82) is 0 Å². The highest BCUT2D eigenvalue weighted by Gasteiger charge is 2.21. The Kier molecular flexibility index (Phi) is 3.82. The molecule has 0 unspecified atom stereocenters. The van der Waals surface area contributed by atoms with Crippen LogP contribution in [0, 0.1) is 6.92 Å². The molecular formula is C16H13N3O3. The fraction of sp³-hybridized carbons (Fsp3) is 0.0625. The van der Waals surface area contributed by atoms with E-state index in [1.807, 2.05) is 30.3 Å². The third-order valence-corrected chi connectivity index (χ3v) is 3.04. The van der Waals surface area contributed by atoms with E-state index in [0.29, 0.717) is 22.8 Å². The van der Waals surface area contributed by atoms with Gasteiger partial charge in [0.15, 0.2) is 0 Å². The molecule has 0 fully saturated rings. The molecule has 0 aliphatic heterocycles. The predicted octanol–water partition coefficient (Wildman–Crippen LogP) is 3.01. The number of hydrogen-bond acceptors (Lipinski definition) is 5. The Morgan fingerprint density at radius 3 is 2.77 bits per heavy atom. The van der Waals surface area contributed by atoms with Gasteiger partial charge in [-0.25, -0.2) is 5.43 Å². The number of benzene rings is 1. The number of hydrogen-bond donors (Lipinski definition) is 1. The number of hydrazone groups is 1. The van der Waals surface area contributed by atoms with E-state index in [1.165, 1.54) is 12.5 Å². The molecule has 0 bridgehead atoms. The minimum Gasteiger partial charge on any atom is -0.463 e. The minimum absolute atomic E-state index is 0.364. The molecule has 0 atom stereocenters. The van der Waals surface area contributed by atoms with Crippen molar-refractivity contribution in [1.82, 2.24) is 10.6 Å². The van der Waals surface area contributed by atoms with Crippen LogP contribution in [0.5, 0.6) is 0 Å². The summed E-state index contributed by atoms with van der Waals surface area (Å²) >= 11 is 0. The monoisotopic (exact) mass is 295 g/mol. The molecule has 3 aromatic rings. The number of aryl methyl sites for hydroxylation is 1. The number of aromatic nitrogens is 1. The molecule has 6 nitrogen and oxygen atoms in total. The second-order valence-corrected chi connectivity index (χ2v) is 4.54. The third-order valence-electron chi connectivity index (χ3n) is 3.04. The van der Waals surface area contributed by atoms with E-state index in [1.54, 1.807) is 19.1 Å². The van der Waals surface area contributed by atoms with Crippen molar-refractivity contribution < 1.29 is 13.7 Å². The molecule has 0 radical (unpaired) electrons. The average molecular weight is 295 g/mol. The zero-order chi connectivity index (χ0) is 15.4. The Hall–Kier alpha value is -3.15. The van der Waals surface area contributed by atoms with E-state index in [-0.39, 0.29) is 5.91 Å². The van der Waals surface area contributed by atoms with Crippen LogP contribution in [0.3, 0.4) is 0 Å². The van der Waals surface area contributed by atoms with Crippen molar-refractivity contribution in [3.05, 3.63) is 65.8 Å². The Labute approximate surface area is 126 Å². The zero-order valence-electron chi connectivity index (χ0n) is 11.8. The van der Waals surface area contributed by atoms with Crippen molar-refractivity contribution in [2.24, 2.45) is 5.10 Å². The van der Waals surface area contributed by atoms with E-state index in [9.17, 15) is 4.79 Å². The molecule has 1 amide bonds. The van der Waals surface area contributed by atoms with Gasteiger partial charge in [-0.1, -0.05) is 35.5 Å². The number of furan rings is 1. The Morgan fingerprint density at radius 1 is 1.23 bits per heavy atom. The van der Waals surface area contributed by atoms with Gasteiger partial charge in [-0.05, 0) is 19.1 Å². The summed E-state index contributed by atoms with van der Waals surface area (Å²) in [4.78, 5) is 12.3. The molecule has 2 heterocycles. The second-order valence-electron chi connectivity index (χ2n) is 4.54. The van der Waals surface area contributed by atoms with Crippen LogP contribution in [0.4, 0.5) is 0 Å². The molecular weight excluding hydrogens is 282 g/mol. The molecule has 0 aliphatic rings. The normalized spacial score (nSPS) is 11.0. The Bertz CT molecular complexity index is 789. The minimum atomic E-state index is -0.389. The van der Waals surface area contributed by atoms with Gasteiger partial charge in [-0.2, -0.15) is 5.10 Å². The van der Waals surface area contributed by atoms with Gasteiger partial charge in [0.05, 0.1) is 12.5 Å². The summed E-state index contributed by atoms with van der Waals surface area (Å²) in [6.45, 7) is 1.69. The number of rotatable bonds is 4. The highest BCUT2D eigenvalue weighted by Crippen LogP contribution is 2.24. The van der Waals surface area contributed by atoms with Crippen LogP contribution in [0.2, 0.25) is 0 Å². The molecule has 0 aliphatic carbocycles. The molecule has 3 rings (SSSR count). The highest BCUT2D eigenvalue weighted by molar-refractivity contribution is 6.01. The summed E-state index contributed by atoms with van der Waals surface area (Å²) < 4.78 is 10.2. The quantitative estimate of drug-likeness (QED) is 0.592. The number of nitrogens with zero attached hydrogens (tertiary/aromatic N) is 2. The summed E-state index contributed by atoms with van der Waals surface area (Å²) in [6, 6.07) is 12.8. The van der Waals surface area contributed by atoms with Gasteiger partial charge in [0.2, 0.25) is 0 Å². The molecule has 0 saturated carbocycles. The molecule has 1 N–H and O–H groups in total. The summed E-state index contributed by atoms with van der Waals surface area (Å²) in [7, 11) is 0. The predicted molar refractivity (Wildman–Crippen MR) is 80.4 cm³/mol.